The molecule has 0 aliphatic carbocycles. The van der Waals surface area contributed by atoms with E-state index in [0.717, 1.165) is 4.57 Å². The second-order valence-corrected chi connectivity index (χ2v) is 8.54. The summed E-state index contributed by atoms with van der Waals surface area (Å²) in [7, 11) is -0.251. The predicted molar refractivity (Wildman–Crippen MR) is 90.1 cm³/mol. The third kappa shape index (κ3) is 2.88. The van der Waals surface area contributed by atoms with E-state index in [-0.39, 0.29) is 22.7 Å². The summed E-state index contributed by atoms with van der Waals surface area (Å²) in [5, 5.41) is 2.70. The van der Waals surface area contributed by atoms with Gasteiger partial charge < -0.3 is 9.88 Å². The van der Waals surface area contributed by atoms with E-state index >= 15 is 0 Å². The second kappa shape index (κ2) is 5.83. The Hall–Kier alpha value is -2.43. The number of fused-ring (bicyclic) bond motifs is 1. The van der Waals surface area contributed by atoms with Crippen LogP contribution in [0.15, 0.2) is 15.9 Å². The van der Waals surface area contributed by atoms with Crippen LogP contribution < -0.4 is 16.6 Å². The lowest BCUT2D eigenvalue weighted by molar-refractivity contribution is -0.124. The number of hydrogen-bond acceptors (Lipinski definition) is 6. The standard InChI is InChI=1S/C14H19N5O5S/c1-8(12(20)16-9-4-5-25(23,24)6-9)19-7-15-11-10(19)13(21)18(3)14(22)17(11)2/h7-9H,4-6H2,1-3H3,(H,16,20)/t8-,9+/m0/s1. The molecule has 1 amide bonds. The lowest BCUT2D eigenvalue weighted by atomic mass is 10.2. The average Bonchev–Trinajstić information content (AvgIpc) is 3.13. The van der Waals surface area contributed by atoms with Crippen molar-refractivity contribution in [3.63, 3.8) is 0 Å². The summed E-state index contributed by atoms with van der Waals surface area (Å²) in [6.45, 7) is 1.59. The van der Waals surface area contributed by atoms with Crippen LogP contribution in [0.25, 0.3) is 11.2 Å². The maximum absolute atomic E-state index is 12.5. The van der Waals surface area contributed by atoms with Crippen molar-refractivity contribution in [2.45, 2.75) is 25.4 Å². The smallest absolute Gasteiger partial charge is 0.332 e. The molecule has 2 aromatic rings. The van der Waals surface area contributed by atoms with Crippen LogP contribution in [0.5, 0.6) is 0 Å². The first-order chi connectivity index (χ1) is 11.6. The molecule has 2 aromatic heterocycles. The first-order valence-electron chi connectivity index (χ1n) is 7.75. The van der Waals surface area contributed by atoms with E-state index in [2.05, 4.69) is 10.3 Å². The molecule has 0 unspecified atom stereocenters. The van der Waals surface area contributed by atoms with Gasteiger partial charge in [0, 0.05) is 20.1 Å². The lowest BCUT2D eigenvalue weighted by Crippen LogP contribution is -2.41. The first kappa shape index (κ1) is 17.4. The van der Waals surface area contributed by atoms with Crippen LogP contribution >= 0.6 is 0 Å². The van der Waals surface area contributed by atoms with Crippen molar-refractivity contribution in [2.75, 3.05) is 11.5 Å². The van der Waals surface area contributed by atoms with Gasteiger partial charge in [-0.2, -0.15) is 0 Å². The van der Waals surface area contributed by atoms with Gasteiger partial charge in [0.2, 0.25) is 5.91 Å². The Morgan fingerprint density at radius 3 is 2.60 bits per heavy atom. The molecule has 1 aliphatic heterocycles. The molecule has 0 bridgehead atoms. The molecule has 0 saturated carbocycles. The third-order valence-corrected chi connectivity index (χ3v) is 6.32. The third-order valence-electron chi connectivity index (χ3n) is 4.55. The van der Waals surface area contributed by atoms with Crippen LogP contribution in [-0.4, -0.2) is 50.6 Å². The predicted octanol–water partition coefficient (Wildman–Crippen LogP) is -1.70. The Morgan fingerprint density at radius 2 is 2.00 bits per heavy atom. The largest absolute Gasteiger partial charge is 0.351 e. The zero-order valence-electron chi connectivity index (χ0n) is 14.1. The number of sulfone groups is 1. The van der Waals surface area contributed by atoms with Gasteiger partial charge in [0.05, 0.1) is 17.8 Å². The SMILES string of the molecule is C[C@@H](C(=O)N[C@@H]1CCS(=O)(=O)C1)n1cnc2c1c(=O)n(C)c(=O)n2C. The van der Waals surface area contributed by atoms with Crippen molar-refractivity contribution in [3.8, 4) is 0 Å². The Balaban J connectivity index is 1.95. The topological polar surface area (TPSA) is 125 Å². The van der Waals surface area contributed by atoms with Gasteiger partial charge in [-0.05, 0) is 13.3 Å². The molecule has 0 radical (unpaired) electrons. The molecule has 1 N–H and O–H groups in total. The number of amides is 1. The molecule has 11 heteroatoms. The number of rotatable bonds is 3. The minimum absolute atomic E-state index is 0.0585. The molecular formula is C14H19N5O5S. The summed E-state index contributed by atoms with van der Waals surface area (Å²) in [5.41, 5.74) is -0.711. The fraction of sp³-hybridized carbons (Fsp3) is 0.571. The normalized spacial score (nSPS) is 20.7. The highest BCUT2D eigenvalue weighted by Gasteiger charge is 2.31. The van der Waals surface area contributed by atoms with Gasteiger partial charge in [-0.3, -0.25) is 18.7 Å². The van der Waals surface area contributed by atoms with Crippen LogP contribution in [0, 0.1) is 0 Å². The lowest BCUT2D eigenvalue weighted by Gasteiger charge is -2.17. The Labute approximate surface area is 143 Å². The van der Waals surface area contributed by atoms with Gasteiger partial charge in [0.1, 0.15) is 6.04 Å². The molecule has 25 heavy (non-hydrogen) atoms. The van der Waals surface area contributed by atoms with E-state index in [1.165, 1.54) is 29.6 Å². The van der Waals surface area contributed by atoms with Crippen LogP contribution in [0.3, 0.4) is 0 Å². The number of imidazole rings is 1. The van der Waals surface area contributed by atoms with Gasteiger partial charge in [-0.25, -0.2) is 18.2 Å². The average molecular weight is 369 g/mol. The van der Waals surface area contributed by atoms with Crippen LogP contribution in [0.1, 0.15) is 19.4 Å². The molecule has 3 rings (SSSR count). The molecule has 0 aromatic carbocycles. The molecule has 136 valence electrons. The van der Waals surface area contributed by atoms with E-state index in [9.17, 15) is 22.8 Å². The van der Waals surface area contributed by atoms with Crippen molar-refractivity contribution in [1.29, 1.82) is 0 Å². The summed E-state index contributed by atoms with van der Waals surface area (Å²) >= 11 is 0. The Bertz CT molecular complexity index is 1080. The molecule has 1 aliphatic rings. The van der Waals surface area contributed by atoms with Crippen molar-refractivity contribution in [3.05, 3.63) is 27.2 Å². The number of carbonyl (C=O) groups excluding carboxylic acids is 1. The number of nitrogens with zero attached hydrogens (tertiary/aromatic N) is 4. The van der Waals surface area contributed by atoms with Crippen molar-refractivity contribution < 1.29 is 13.2 Å². The number of aromatic nitrogens is 4. The van der Waals surface area contributed by atoms with Crippen LogP contribution in [0.2, 0.25) is 0 Å². The highest BCUT2D eigenvalue weighted by Crippen LogP contribution is 2.16. The zero-order valence-corrected chi connectivity index (χ0v) is 14.9. The molecule has 0 spiro atoms. The van der Waals surface area contributed by atoms with E-state index in [0.29, 0.717) is 6.42 Å². The van der Waals surface area contributed by atoms with E-state index in [4.69, 9.17) is 0 Å². The molecule has 10 nitrogen and oxygen atoms in total. The monoisotopic (exact) mass is 369 g/mol. The fourth-order valence-corrected chi connectivity index (χ4v) is 4.69. The minimum Gasteiger partial charge on any atom is -0.351 e. The molecule has 3 heterocycles. The number of aryl methyl sites for hydroxylation is 1. The molecule has 1 saturated heterocycles. The van der Waals surface area contributed by atoms with E-state index in [1.807, 2.05) is 0 Å². The van der Waals surface area contributed by atoms with Gasteiger partial charge in [0.15, 0.2) is 21.0 Å². The van der Waals surface area contributed by atoms with E-state index < -0.39 is 39.1 Å². The summed E-state index contributed by atoms with van der Waals surface area (Å²) in [4.78, 5) is 40.9. The summed E-state index contributed by atoms with van der Waals surface area (Å²) in [6.07, 6.45) is 1.71. The molecule has 2 atom stereocenters. The van der Waals surface area contributed by atoms with Gasteiger partial charge in [-0.15, -0.1) is 0 Å². The van der Waals surface area contributed by atoms with Crippen molar-refractivity contribution >= 4 is 26.9 Å². The van der Waals surface area contributed by atoms with Crippen LogP contribution in [0.4, 0.5) is 0 Å². The summed E-state index contributed by atoms with van der Waals surface area (Å²) in [5.74, 6) is -0.424. The van der Waals surface area contributed by atoms with Crippen LogP contribution in [-0.2, 0) is 28.7 Å². The molecular weight excluding hydrogens is 350 g/mol. The number of hydrogen-bond donors (Lipinski definition) is 1. The highest BCUT2D eigenvalue weighted by molar-refractivity contribution is 7.91. The summed E-state index contributed by atoms with van der Waals surface area (Å²) in [6, 6.07) is -1.21. The molecule has 1 fully saturated rings. The Kier molecular flexibility index (Phi) is 4.06. The highest BCUT2D eigenvalue weighted by atomic mass is 32.2. The van der Waals surface area contributed by atoms with Gasteiger partial charge >= 0.3 is 5.69 Å². The number of carbonyl (C=O) groups is 1. The zero-order chi connectivity index (χ0) is 18.5. The minimum atomic E-state index is -3.10. The second-order valence-electron chi connectivity index (χ2n) is 6.31. The quantitative estimate of drug-likeness (QED) is 0.687. The first-order valence-corrected chi connectivity index (χ1v) is 9.58. The Morgan fingerprint density at radius 1 is 1.32 bits per heavy atom. The summed E-state index contributed by atoms with van der Waals surface area (Å²) < 4.78 is 26.6. The van der Waals surface area contributed by atoms with Gasteiger partial charge in [0.25, 0.3) is 5.56 Å². The maximum atomic E-state index is 12.5. The van der Waals surface area contributed by atoms with Crippen molar-refractivity contribution in [1.82, 2.24) is 24.0 Å². The number of nitrogens with one attached hydrogen (secondary N) is 1. The maximum Gasteiger partial charge on any atom is 0.332 e. The fourth-order valence-electron chi connectivity index (χ4n) is 3.01. The van der Waals surface area contributed by atoms with E-state index in [1.54, 1.807) is 6.92 Å². The van der Waals surface area contributed by atoms with Crippen molar-refractivity contribution in [2.24, 2.45) is 14.1 Å². The van der Waals surface area contributed by atoms with Gasteiger partial charge in [-0.1, -0.05) is 0 Å².